The number of rotatable bonds is 8. The van der Waals surface area contributed by atoms with Crippen LogP contribution in [0.4, 0.5) is 0 Å². The molecule has 7 nitrogen and oxygen atoms in total. The molecule has 0 saturated heterocycles. The van der Waals surface area contributed by atoms with Gasteiger partial charge in [0.1, 0.15) is 11.8 Å². The molecule has 2 N–H and O–H groups in total. The fraction of sp³-hybridized carbons (Fsp3) is 0.500. The Morgan fingerprint density at radius 2 is 1.92 bits per heavy atom. The van der Waals surface area contributed by atoms with E-state index in [-0.39, 0.29) is 25.1 Å². The van der Waals surface area contributed by atoms with Crippen molar-refractivity contribution in [2.45, 2.75) is 45.3 Å². The van der Waals surface area contributed by atoms with E-state index in [1.54, 1.807) is 24.3 Å². The van der Waals surface area contributed by atoms with E-state index in [2.05, 4.69) is 5.32 Å². The van der Waals surface area contributed by atoms with Crippen molar-refractivity contribution in [3.8, 4) is 5.75 Å². The number of hydrogen-bond donors (Lipinski definition) is 2. The summed E-state index contributed by atoms with van der Waals surface area (Å²) >= 11 is 0. The maximum atomic E-state index is 12.7. The first-order valence-corrected chi connectivity index (χ1v) is 8.43. The lowest BCUT2D eigenvalue weighted by Crippen LogP contribution is -2.46. The number of carbonyl (C=O) groups is 3. The zero-order valence-electron chi connectivity index (χ0n) is 14.5. The van der Waals surface area contributed by atoms with Crippen molar-refractivity contribution in [3.63, 3.8) is 0 Å². The lowest BCUT2D eigenvalue weighted by molar-refractivity contribution is -0.141. The molecule has 25 heavy (non-hydrogen) atoms. The molecule has 1 aromatic carbocycles. The highest BCUT2D eigenvalue weighted by atomic mass is 16.5. The van der Waals surface area contributed by atoms with Crippen LogP contribution in [-0.4, -0.2) is 53.0 Å². The number of amides is 2. The van der Waals surface area contributed by atoms with Gasteiger partial charge in [0.25, 0.3) is 5.91 Å². The van der Waals surface area contributed by atoms with E-state index >= 15 is 0 Å². The number of carboxylic acids is 1. The molecule has 0 bridgehead atoms. The van der Waals surface area contributed by atoms with Gasteiger partial charge < -0.3 is 20.1 Å². The Hall–Kier alpha value is -2.57. The number of benzene rings is 1. The molecule has 0 radical (unpaired) electrons. The van der Waals surface area contributed by atoms with Gasteiger partial charge in [-0.3, -0.25) is 9.59 Å². The molecule has 1 aliphatic carbocycles. The number of carboxylic acid groups (broad SMARTS) is 1. The topological polar surface area (TPSA) is 95.9 Å². The van der Waals surface area contributed by atoms with E-state index in [0.717, 1.165) is 12.8 Å². The van der Waals surface area contributed by atoms with Gasteiger partial charge in [-0.05, 0) is 50.5 Å². The molecule has 0 aliphatic heterocycles. The molecule has 0 heterocycles. The molecule has 1 unspecified atom stereocenters. The van der Waals surface area contributed by atoms with Gasteiger partial charge in [-0.2, -0.15) is 0 Å². The summed E-state index contributed by atoms with van der Waals surface area (Å²) in [5, 5.41) is 11.8. The molecule has 2 rings (SSSR count). The van der Waals surface area contributed by atoms with Gasteiger partial charge >= 0.3 is 5.97 Å². The van der Waals surface area contributed by atoms with Crippen LogP contribution in [0.3, 0.4) is 0 Å². The standard InChI is InChI=1S/C18H24N2O5/c1-12(18(23)24)20(11-10-19-13(2)21)17(22)14-6-8-16(9-7-14)25-15-4-3-5-15/h6-9,12,15H,3-5,10-11H2,1-2H3,(H,19,21)(H,23,24). The first-order valence-electron chi connectivity index (χ1n) is 8.43. The summed E-state index contributed by atoms with van der Waals surface area (Å²) in [7, 11) is 0. The average molecular weight is 348 g/mol. The minimum Gasteiger partial charge on any atom is -0.490 e. The lowest BCUT2D eigenvalue weighted by Gasteiger charge is -2.27. The summed E-state index contributed by atoms with van der Waals surface area (Å²) in [6.07, 6.45) is 3.53. The van der Waals surface area contributed by atoms with Crippen LogP contribution >= 0.6 is 0 Å². The van der Waals surface area contributed by atoms with Crippen LogP contribution in [0.2, 0.25) is 0 Å². The highest BCUT2D eigenvalue weighted by molar-refractivity contribution is 5.96. The number of carbonyl (C=O) groups excluding carboxylic acids is 2. The highest BCUT2D eigenvalue weighted by Gasteiger charge is 2.26. The normalized spacial score (nSPS) is 15.0. The van der Waals surface area contributed by atoms with Crippen molar-refractivity contribution in [2.75, 3.05) is 13.1 Å². The summed E-state index contributed by atoms with van der Waals surface area (Å²) in [6, 6.07) is 5.73. The van der Waals surface area contributed by atoms with Crippen molar-refractivity contribution in [3.05, 3.63) is 29.8 Å². The smallest absolute Gasteiger partial charge is 0.326 e. The quantitative estimate of drug-likeness (QED) is 0.745. The summed E-state index contributed by atoms with van der Waals surface area (Å²) in [4.78, 5) is 36.2. The predicted octanol–water partition coefficient (Wildman–Crippen LogP) is 1.67. The number of nitrogens with zero attached hydrogens (tertiary/aromatic N) is 1. The van der Waals surface area contributed by atoms with E-state index in [1.807, 2.05) is 0 Å². The van der Waals surface area contributed by atoms with Crippen LogP contribution in [0, 0.1) is 0 Å². The molecule has 0 spiro atoms. The van der Waals surface area contributed by atoms with Gasteiger partial charge in [0.05, 0.1) is 6.10 Å². The third-order valence-corrected chi connectivity index (χ3v) is 4.27. The molecule has 0 aromatic heterocycles. The van der Waals surface area contributed by atoms with Crippen molar-refractivity contribution >= 4 is 17.8 Å². The predicted molar refractivity (Wildman–Crippen MR) is 91.5 cm³/mol. The van der Waals surface area contributed by atoms with Crippen LogP contribution in [0.1, 0.15) is 43.5 Å². The van der Waals surface area contributed by atoms with Crippen molar-refractivity contribution < 1.29 is 24.2 Å². The largest absolute Gasteiger partial charge is 0.490 e. The third-order valence-electron chi connectivity index (χ3n) is 4.27. The van der Waals surface area contributed by atoms with Crippen molar-refractivity contribution in [1.29, 1.82) is 0 Å². The van der Waals surface area contributed by atoms with E-state index in [1.165, 1.54) is 25.2 Å². The molecule has 136 valence electrons. The minimum atomic E-state index is -1.10. The Morgan fingerprint density at radius 3 is 2.40 bits per heavy atom. The Balaban J connectivity index is 2.05. The van der Waals surface area contributed by atoms with Crippen LogP contribution < -0.4 is 10.1 Å². The molecule has 1 fully saturated rings. The van der Waals surface area contributed by atoms with Gasteiger partial charge in [-0.25, -0.2) is 4.79 Å². The van der Waals surface area contributed by atoms with Crippen LogP contribution in [-0.2, 0) is 9.59 Å². The number of aliphatic carboxylic acids is 1. The number of ether oxygens (including phenoxy) is 1. The summed E-state index contributed by atoms with van der Waals surface area (Å²) < 4.78 is 5.76. The lowest BCUT2D eigenvalue weighted by atomic mass is 9.96. The Labute approximate surface area is 147 Å². The molecule has 7 heteroatoms. The van der Waals surface area contributed by atoms with Gasteiger partial charge in [0.2, 0.25) is 5.91 Å². The number of hydrogen-bond acceptors (Lipinski definition) is 4. The second-order valence-electron chi connectivity index (χ2n) is 6.19. The molecule has 1 aromatic rings. The Bertz CT molecular complexity index is 625. The van der Waals surface area contributed by atoms with Gasteiger partial charge in [0, 0.05) is 25.6 Å². The van der Waals surface area contributed by atoms with E-state index in [0.29, 0.717) is 11.3 Å². The second kappa shape index (κ2) is 8.50. The van der Waals surface area contributed by atoms with Gasteiger partial charge in [0.15, 0.2) is 0 Å². The van der Waals surface area contributed by atoms with E-state index in [4.69, 9.17) is 4.74 Å². The summed E-state index contributed by atoms with van der Waals surface area (Å²) in [5.74, 6) is -1.01. The Kier molecular flexibility index (Phi) is 6.38. The first-order chi connectivity index (χ1) is 11.9. The van der Waals surface area contributed by atoms with Crippen LogP contribution in [0.15, 0.2) is 24.3 Å². The molecule has 1 atom stereocenters. The minimum absolute atomic E-state index is 0.117. The monoisotopic (exact) mass is 348 g/mol. The SMILES string of the molecule is CC(=O)NCCN(C(=O)c1ccc(OC2CCC2)cc1)C(C)C(=O)O. The fourth-order valence-corrected chi connectivity index (χ4v) is 2.48. The average Bonchev–Trinajstić information content (AvgIpc) is 2.54. The maximum Gasteiger partial charge on any atom is 0.326 e. The van der Waals surface area contributed by atoms with Gasteiger partial charge in [-0.1, -0.05) is 0 Å². The third kappa shape index (κ3) is 5.20. The van der Waals surface area contributed by atoms with Crippen LogP contribution in [0.5, 0.6) is 5.75 Å². The highest BCUT2D eigenvalue weighted by Crippen LogP contribution is 2.25. The van der Waals surface area contributed by atoms with E-state index < -0.39 is 17.9 Å². The van der Waals surface area contributed by atoms with Crippen molar-refractivity contribution in [1.82, 2.24) is 10.2 Å². The zero-order valence-corrected chi connectivity index (χ0v) is 14.5. The molecule has 1 saturated carbocycles. The van der Waals surface area contributed by atoms with Crippen LogP contribution in [0.25, 0.3) is 0 Å². The fourth-order valence-electron chi connectivity index (χ4n) is 2.48. The van der Waals surface area contributed by atoms with Crippen molar-refractivity contribution in [2.24, 2.45) is 0 Å². The molecule has 2 amide bonds. The van der Waals surface area contributed by atoms with E-state index in [9.17, 15) is 19.5 Å². The molecule has 1 aliphatic rings. The van der Waals surface area contributed by atoms with Gasteiger partial charge in [-0.15, -0.1) is 0 Å². The molecular weight excluding hydrogens is 324 g/mol. The summed E-state index contributed by atoms with van der Waals surface area (Å²) in [5.41, 5.74) is 0.386. The maximum absolute atomic E-state index is 12.7. The molecular formula is C18H24N2O5. The Morgan fingerprint density at radius 1 is 1.28 bits per heavy atom. The first kappa shape index (κ1) is 18.8. The number of nitrogens with one attached hydrogen (secondary N) is 1. The summed E-state index contributed by atoms with van der Waals surface area (Å²) in [6.45, 7) is 3.13. The zero-order chi connectivity index (χ0) is 18.4. The second-order valence-corrected chi connectivity index (χ2v) is 6.19.